The maximum Gasteiger partial charge on any atom is 0.217 e. The Morgan fingerprint density at radius 1 is 1.75 bits per heavy atom. The van der Waals surface area contributed by atoms with Crippen LogP contribution in [0.15, 0.2) is 18.3 Å². The Hall–Kier alpha value is -1.45. The second-order valence-corrected chi connectivity index (χ2v) is 2.38. The number of hydrogen-bond acceptors (Lipinski definition) is 2. The van der Waals surface area contributed by atoms with E-state index in [1.165, 1.54) is 25.3 Å². The summed E-state index contributed by atoms with van der Waals surface area (Å²) in [6.07, 6.45) is 1.37. The van der Waals surface area contributed by atoms with E-state index >= 15 is 0 Å². The second-order valence-electron chi connectivity index (χ2n) is 2.38. The molecule has 64 valence electrons. The number of aromatic nitrogens is 1. The third kappa shape index (κ3) is 2.65. The van der Waals surface area contributed by atoms with Crippen molar-refractivity contribution in [3.63, 3.8) is 0 Å². The SMILES string of the molecule is CC(=O)NCc1cc(F)ccn1. The van der Waals surface area contributed by atoms with E-state index in [1.54, 1.807) is 0 Å². The molecule has 1 N–H and O–H groups in total. The van der Waals surface area contributed by atoms with Gasteiger partial charge in [0.25, 0.3) is 0 Å². The Kier molecular flexibility index (Phi) is 2.74. The number of carbonyl (C=O) groups excluding carboxylic acids is 1. The van der Waals surface area contributed by atoms with Crippen molar-refractivity contribution < 1.29 is 9.18 Å². The van der Waals surface area contributed by atoms with E-state index in [0.717, 1.165) is 0 Å². The molecule has 0 aliphatic heterocycles. The highest BCUT2D eigenvalue weighted by atomic mass is 19.1. The van der Waals surface area contributed by atoms with Crippen LogP contribution in [0.3, 0.4) is 0 Å². The van der Waals surface area contributed by atoms with Gasteiger partial charge in [-0.15, -0.1) is 0 Å². The Balaban J connectivity index is 2.57. The summed E-state index contributed by atoms with van der Waals surface area (Å²) in [7, 11) is 0. The van der Waals surface area contributed by atoms with E-state index in [1.807, 2.05) is 0 Å². The minimum Gasteiger partial charge on any atom is -0.351 e. The van der Waals surface area contributed by atoms with Gasteiger partial charge in [0.2, 0.25) is 5.91 Å². The highest BCUT2D eigenvalue weighted by Gasteiger charge is 1.96. The highest BCUT2D eigenvalue weighted by Crippen LogP contribution is 1.98. The van der Waals surface area contributed by atoms with Gasteiger partial charge in [-0.25, -0.2) is 4.39 Å². The maximum absolute atomic E-state index is 12.5. The van der Waals surface area contributed by atoms with Crippen LogP contribution in [0, 0.1) is 5.82 Å². The molecule has 1 aromatic rings. The van der Waals surface area contributed by atoms with Crippen LogP contribution in [0.2, 0.25) is 0 Å². The lowest BCUT2D eigenvalue weighted by Crippen LogP contribution is -2.19. The topological polar surface area (TPSA) is 42.0 Å². The molecule has 1 rings (SSSR count). The van der Waals surface area contributed by atoms with Crippen molar-refractivity contribution >= 4 is 5.91 Å². The lowest BCUT2D eigenvalue weighted by atomic mass is 10.3. The molecular formula is C8H9FN2O. The average Bonchev–Trinajstić information content (AvgIpc) is 2.01. The number of amides is 1. The molecule has 0 fully saturated rings. The van der Waals surface area contributed by atoms with Crippen LogP contribution in [0.5, 0.6) is 0 Å². The fraction of sp³-hybridized carbons (Fsp3) is 0.250. The quantitative estimate of drug-likeness (QED) is 0.711. The molecule has 0 aliphatic rings. The van der Waals surface area contributed by atoms with Crippen molar-refractivity contribution in [1.82, 2.24) is 10.3 Å². The van der Waals surface area contributed by atoms with Gasteiger partial charge in [0.05, 0.1) is 12.2 Å². The summed E-state index contributed by atoms with van der Waals surface area (Å²) in [5.74, 6) is -0.494. The smallest absolute Gasteiger partial charge is 0.217 e. The summed E-state index contributed by atoms with van der Waals surface area (Å²) in [4.78, 5) is 14.3. The van der Waals surface area contributed by atoms with Crippen LogP contribution in [-0.4, -0.2) is 10.9 Å². The fourth-order valence-corrected chi connectivity index (χ4v) is 0.760. The van der Waals surface area contributed by atoms with E-state index < -0.39 is 0 Å². The summed E-state index contributed by atoms with van der Waals surface area (Å²) in [5, 5.41) is 2.52. The molecule has 4 heteroatoms. The van der Waals surface area contributed by atoms with E-state index in [2.05, 4.69) is 10.3 Å². The van der Waals surface area contributed by atoms with Crippen LogP contribution in [0.25, 0.3) is 0 Å². The molecule has 1 aromatic heterocycles. The molecular weight excluding hydrogens is 159 g/mol. The first-order chi connectivity index (χ1) is 5.68. The summed E-state index contributed by atoms with van der Waals surface area (Å²) in [6.45, 7) is 1.67. The van der Waals surface area contributed by atoms with Gasteiger partial charge < -0.3 is 5.32 Å². The van der Waals surface area contributed by atoms with Gasteiger partial charge in [-0.1, -0.05) is 0 Å². The van der Waals surface area contributed by atoms with E-state index in [4.69, 9.17) is 0 Å². The van der Waals surface area contributed by atoms with Crippen LogP contribution in [0.4, 0.5) is 4.39 Å². The standard InChI is InChI=1S/C8H9FN2O/c1-6(12)11-5-8-4-7(9)2-3-10-8/h2-4H,5H2,1H3,(H,11,12). The number of hydrogen-bond donors (Lipinski definition) is 1. The minimum absolute atomic E-state index is 0.152. The summed E-state index contributed by atoms with van der Waals surface area (Å²) >= 11 is 0. The van der Waals surface area contributed by atoms with Crippen LogP contribution in [0.1, 0.15) is 12.6 Å². The van der Waals surface area contributed by atoms with Crippen molar-refractivity contribution in [2.45, 2.75) is 13.5 Å². The molecule has 12 heavy (non-hydrogen) atoms. The van der Waals surface area contributed by atoms with E-state index in [-0.39, 0.29) is 18.3 Å². The fourth-order valence-electron chi connectivity index (χ4n) is 0.760. The van der Waals surface area contributed by atoms with E-state index in [0.29, 0.717) is 5.69 Å². The second kappa shape index (κ2) is 3.80. The number of pyridine rings is 1. The van der Waals surface area contributed by atoms with Crippen molar-refractivity contribution in [2.75, 3.05) is 0 Å². The third-order valence-electron chi connectivity index (χ3n) is 1.30. The first-order valence-corrected chi connectivity index (χ1v) is 3.53. The van der Waals surface area contributed by atoms with Crippen molar-refractivity contribution in [3.05, 3.63) is 29.8 Å². The zero-order chi connectivity index (χ0) is 8.97. The highest BCUT2D eigenvalue weighted by molar-refractivity contribution is 5.72. The van der Waals surface area contributed by atoms with E-state index in [9.17, 15) is 9.18 Å². The Morgan fingerprint density at radius 2 is 2.50 bits per heavy atom. The minimum atomic E-state index is -0.342. The normalized spacial score (nSPS) is 9.50. The molecule has 0 saturated heterocycles. The predicted octanol–water partition coefficient (Wildman–Crippen LogP) is 0.857. The van der Waals surface area contributed by atoms with Crippen molar-refractivity contribution in [1.29, 1.82) is 0 Å². The molecule has 0 spiro atoms. The lowest BCUT2D eigenvalue weighted by molar-refractivity contribution is -0.119. The molecule has 0 unspecified atom stereocenters. The Morgan fingerprint density at radius 3 is 3.08 bits per heavy atom. The molecule has 1 heterocycles. The van der Waals surface area contributed by atoms with Gasteiger partial charge >= 0.3 is 0 Å². The largest absolute Gasteiger partial charge is 0.351 e. The molecule has 1 amide bonds. The molecule has 0 aliphatic carbocycles. The summed E-state index contributed by atoms with van der Waals surface area (Å²) in [6, 6.07) is 2.55. The number of nitrogens with one attached hydrogen (secondary N) is 1. The average molecular weight is 168 g/mol. The Bertz CT molecular complexity index is 288. The molecule has 0 radical (unpaired) electrons. The Labute approximate surface area is 69.6 Å². The molecule has 0 saturated carbocycles. The number of nitrogens with zero attached hydrogens (tertiary/aromatic N) is 1. The molecule has 0 bridgehead atoms. The molecule has 0 aromatic carbocycles. The van der Waals surface area contributed by atoms with Crippen LogP contribution >= 0.6 is 0 Å². The van der Waals surface area contributed by atoms with Crippen LogP contribution in [-0.2, 0) is 11.3 Å². The summed E-state index contributed by atoms with van der Waals surface area (Å²) in [5.41, 5.74) is 0.519. The first kappa shape index (κ1) is 8.64. The van der Waals surface area contributed by atoms with Crippen molar-refractivity contribution in [2.24, 2.45) is 0 Å². The molecule has 3 nitrogen and oxygen atoms in total. The zero-order valence-corrected chi connectivity index (χ0v) is 6.67. The number of rotatable bonds is 2. The van der Waals surface area contributed by atoms with Crippen LogP contribution < -0.4 is 5.32 Å². The van der Waals surface area contributed by atoms with Gasteiger partial charge in [-0.05, 0) is 12.1 Å². The number of halogens is 1. The monoisotopic (exact) mass is 168 g/mol. The van der Waals surface area contributed by atoms with Gasteiger partial charge in [0.1, 0.15) is 5.82 Å². The first-order valence-electron chi connectivity index (χ1n) is 3.53. The summed E-state index contributed by atoms with van der Waals surface area (Å²) < 4.78 is 12.5. The third-order valence-corrected chi connectivity index (χ3v) is 1.30. The number of carbonyl (C=O) groups is 1. The zero-order valence-electron chi connectivity index (χ0n) is 6.67. The predicted molar refractivity (Wildman–Crippen MR) is 41.7 cm³/mol. The van der Waals surface area contributed by atoms with Gasteiger partial charge in [0, 0.05) is 13.1 Å². The molecule has 0 atom stereocenters. The van der Waals surface area contributed by atoms with Gasteiger partial charge in [0.15, 0.2) is 0 Å². The lowest BCUT2D eigenvalue weighted by Gasteiger charge is -2.00. The van der Waals surface area contributed by atoms with Crippen molar-refractivity contribution in [3.8, 4) is 0 Å². The van der Waals surface area contributed by atoms with Gasteiger partial charge in [-0.3, -0.25) is 9.78 Å². The van der Waals surface area contributed by atoms with Gasteiger partial charge in [-0.2, -0.15) is 0 Å². The maximum atomic E-state index is 12.5.